The number of halogens is 2. The van der Waals surface area contributed by atoms with Crippen molar-refractivity contribution < 1.29 is 13.5 Å². The molecule has 1 unspecified atom stereocenters. The fourth-order valence-electron chi connectivity index (χ4n) is 2.35. The zero-order valence-corrected chi connectivity index (χ0v) is 9.88. The van der Waals surface area contributed by atoms with Crippen LogP contribution in [0.15, 0.2) is 18.2 Å². The van der Waals surface area contributed by atoms with Gasteiger partial charge in [0, 0.05) is 6.04 Å². The van der Waals surface area contributed by atoms with Crippen LogP contribution in [0.4, 0.5) is 8.78 Å². The van der Waals surface area contributed by atoms with Gasteiger partial charge in [0.15, 0.2) is 0 Å². The molecule has 94 valence electrons. The zero-order chi connectivity index (χ0) is 12.3. The van der Waals surface area contributed by atoms with E-state index in [1.807, 2.05) is 18.2 Å². The number of fused-ring (bicyclic) bond motifs is 1. The Morgan fingerprint density at radius 2 is 2.29 bits per heavy atom. The molecule has 1 atom stereocenters. The molecule has 0 fully saturated rings. The molecule has 1 N–H and O–H groups in total. The van der Waals surface area contributed by atoms with Crippen molar-refractivity contribution in [1.29, 1.82) is 0 Å². The molecule has 0 spiro atoms. The molecule has 17 heavy (non-hydrogen) atoms. The molecule has 1 aliphatic carbocycles. The Morgan fingerprint density at radius 3 is 3.00 bits per heavy atom. The highest BCUT2D eigenvalue weighted by Crippen LogP contribution is 2.32. The SMILES string of the molecule is COc1ccc2c(c1)C(NCC(F)F)CCC2. The van der Waals surface area contributed by atoms with E-state index in [0.717, 1.165) is 30.6 Å². The van der Waals surface area contributed by atoms with E-state index in [9.17, 15) is 8.78 Å². The second kappa shape index (κ2) is 5.45. The average Bonchev–Trinajstić information content (AvgIpc) is 2.35. The van der Waals surface area contributed by atoms with Gasteiger partial charge in [0.25, 0.3) is 6.43 Å². The number of alkyl halides is 2. The number of ether oxygens (including phenoxy) is 1. The van der Waals surface area contributed by atoms with Gasteiger partial charge in [0.1, 0.15) is 5.75 Å². The van der Waals surface area contributed by atoms with Crippen LogP contribution in [0, 0.1) is 0 Å². The average molecular weight is 241 g/mol. The zero-order valence-electron chi connectivity index (χ0n) is 9.88. The topological polar surface area (TPSA) is 21.3 Å². The highest BCUT2D eigenvalue weighted by Gasteiger charge is 2.21. The number of hydrogen-bond acceptors (Lipinski definition) is 2. The lowest BCUT2D eigenvalue weighted by Gasteiger charge is -2.26. The molecule has 0 amide bonds. The minimum atomic E-state index is -2.30. The first-order valence-electron chi connectivity index (χ1n) is 5.89. The summed E-state index contributed by atoms with van der Waals surface area (Å²) < 4.78 is 29.6. The van der Waals surface area contributed by atoms with Gasteiger partial charge in [-0.3, -0.25) is 0 Å². The second-order valence-corrected chi connectivity index (χ2v) is 4.31. The third-order valence-electron chi connectivity index (χ3n) is 3.19. The van der Waals surface area contributed by atoms with E-state index in [-0.39, 0.29) is 12.6 Å². The Balaban J connectivity index is 2.16. The lowest BCUT2D eigenvalue weighted by molar-refractivity contribution is 0.140. The maximum Gasteiger partial charge on any atom is 0.250 e. The fraction of sp³-hybridized carbons (Fsp3) is 0.538. The number of aryl methyl sites for hydroxylation is 1. The molecule has 0 saturated carbocycles. The first-order chi connectivity index (χ1) is 8.20. The lowest BCUT2D eigenvalue weighted by Crippen LogP contribution is -2.29. The van der Waals surface area contributed by atoms with Crippen LogP contribution in [0.5, 0.6) is 5.75 Å². The van der Waals surface area contributed by atoms with Crippen molar-refractivity contribution in [2.75, 3.05) is 13.7 Å². The van der Waals surface area contributed by atoms with E-state index in [1.165, 1.54) is 5.56 Å². The number of rotatable bonds is 4. The predicted molar refractivity (Wildman–Crippen MR) is 62.7 cm³/mol. The maximum absolute atomic E-state index is 12.2. The molecule has 2 nitrogen and oxygen atoms in total. The van der Waals surface area contributed by atoms with Crippen LogP contribution in [-0.4, -0.2) is 20.1 Å². The summed E-state index contributed by atoms with van der Waals surface area (Å²) in [5, 5.41) is 2.92. The van der Waals surface area contributed by atoms with Crippen LogP contribution >= 0.6 is 0 Å². The normalized spacial score (nSPS) is 19.2. The Kier molecular flexibility index (Phi) is 3.94. The summed E-state index contributed by atoms with van der Waals surface area (Å²) in [7, 11) is 1.62. The van der Waals surface area contributed by atoms with Crippen molar-refractivity contribution in [2.24, 2.45) is 0 Å². The Hall–Kier alpha value is -1.16. The summed E-state index contributed by atoms with van der Waals surface area (Å²) in [6.07, 6.45) is 0.672. The Bertz CT molecular complexity index is 382. The van der Waals surface area contributed by atoms with E-state index >= 15 is 0 Å². The molecule has 1 aromatic rings. The molecular formula is C13H17F2NO. The quantitative estimate of drug-likeness (QED) is 0.875. The van der Waals surface area contributed by atoms with Crippen LogP contribution in [-0.2, 0) is 6.42 Å². The van der Waals surface area contributed by atoms with Crippen molar-refractivity contribution in [3.63, 3.8) is 0 Å². The number of hydrogen-bond donors (Lipinski definition) is 1. The van der Waals surface area contributed by atoms with E-state index in [2.05, 4.69) is 5.32 Å². The molecule has 4 heteroatoms. The van der Waals surface area contributed by atoms with Gasteiger partial charge in [-0.25, -0.2) is 8.78 Å². The second-order valence-electron chi connectivity index (χ2n) is 4.31. The van der Waals surface area contributed by atoms with Gasteiger partial charge in [-0.1, -0.05) is 6.07 Å². The smallest absolute Gasteiger partial charge is 0.250 e. The van der Waals surface area contributed by atoms with Crippen LogP contribution in [0.25, 0.3) is 0 Å². The molecule has 0 radical (unpaired) electrons. The van der Waals surface area contributed by atoms with Gasteiger partial charge >= 0.3 is 0 Å². The molecule has 1 aliphatic rings. The third-order valence-corrected chi connectivity index (χ3v) is 3.19. The molecular weight excluding hydrogens is 224 g/mol. The fourth-order valence-corrected chi connectivity index (χ4v) is 2.35. The molecule has 0 aliphatic heterocycles. The van der Waals surface area contributed by atoms with Crippen LogP contribution in [0.2, 0.25) is 0 Å². The molecule has 1 aromatic carbocycles. The van der Waals surface area contributed by atoms with Crippen molar-refractivity contribution in [3.05, 3.63) is 29.3 Å². The highest BCUT2D eigenvalue weighted by molar-refractivity contribution is 5.39. The van der Waals surface area contributed by atoms with E-state index < -0.39 is 6.43 Å². The monoisotopic (exact) mass is 241 g/mol. The lowest BCUT2D eigenvalue weighted by atomic mass is 9.87. The number of benzene rings is 1. The number of nitrogens with one attached hydrogen (secondary N) is 1. The Labute approximate surface area is 100.0 Å². The van der Waals surface area contributed by atoms with Gasteiger partial charge in [0.2, 0.25) is 0 Å². The van der Waals surface area contributed by atoms with Crippen molar-refractivity contribution >= 4 is 0 Å². The molecule has 0 saturated heterocycles. The first kappa shape index (κ1) is 12.3. The van der Waals surface area contributed by atoms with Crippen molar-refractivity contribution in [1.82, 2.24) is 5.32 Å². The summed E-state index contributed by atoms with van der Waals surface area (Å²) in [5.41, 5.74) is 2.35. The molecule has 0 heterocycles. The maximum atomic E-state index is 12.2. The standard InChI is InChI=1S/C13H17F2NO/c1-17-10-6-5-9-3-2-4-12(11(9)7-10)16-8-13(14)15/h5-7,12-13,16H,2-4,8H2,1H3. The van der Waals surface area contributed by atoms with Crippen LogP contribution in [0.1, 0.15) is 30.0 Å². The van der Waals surface area contributed by atoms with E-state index in [1.54, 1.807) is 7.11 Å². The minimum absolute atomic E-state index is 0.0304. The van der Waals surface area contributed by atoms with E-state index in [0.29, 0.717) is 0 Å². The van der Waals surface area contributed by atoms with Gasteiger partial charge in [0.05, 0.1) is 13.7 Å². The molecule has 0 aromatic heterocycles. The first-order valence-corrected chi connectivity index (χ1v) is 5.89. The molecule has 0 bridgehead atoms. The predicted octanol–water partition coefficient (Wildman–Crippen LogP) is 2.93. The third kappa shape index (κ3) is 2.94. The van der Waals surface area contributed by atoms with Gasteiger partial charge in [-0.2, -0.15) is 0 Å². The summed E-state index contributed by atoms with van der Waals surface area (Å²) in [6, 6.07) is 5.94. The summed E-state index contributed by atoms with van der Waals surface area (Å²) in [6.45, 7) is -0.249. The number of methoxy groups -OCH3 is 1. The van der Waals surface area contributed by atoms with Crippen LogP contribution < -0.4 is 10.1 Å². The van der Waals surface area contributed by atoms with E-state index in [4.69, 9.17) is 4.74 Å². The van der Waals surface area contributed by atoms with Gasteiger partial charge < -0.3 is 10.1 Å². The Morgan fingerprint density at radius 1 is 1.47 bits per heavy atom. The largest absolute Gasteiger partial charge is 0.497 e. The summed E-state index contributed by atoms with van der Waals surface area (Å²) in [4.78, 5) is 0. The summed E-state index contributed by atoms with van der Waals surface area (Å²) in [5.74, 6) is 0.787. The van der Waals surface area contributed by atoms with Gasteiger partial charge in [-0.05, 0) is 42.5 Å². The van der Waals surface area contributed by atoms with Crippen molar-refractivity contribution in [3.8, 4) is 5.75 Å². The van der Waals surface area contributed by atoms with Crippen molar-refractivity contribution in [2.45, 2.75) is 31.7 Å². The highest BCUT2D eigenvalue weighted by atomic mass is 19.3. The summed E-state index contributed by atoms with van der Waals surface area (Å²) >= 11 is 0. The molecule has 2 rings (SSSR count). The van der Waals surface area contributed by atoms with Gasteiger partial charge in [-0.15, -0.1) is 0 Å². The van der Waals surface area contributed by atoms with Crippen LogP contribution in [0.3, 0.4) is 0 Å². The minimum Gasteiger partial charge on any atom is -0.497 e.